The van der Waals surface area contributed by atoms with Crippen LogP contribution in [0.4, 0.5) is 5.69 Å². The summed E-state index contributed by atoms with van der Waals surface area (Å²) in [7, 11) is 0. The number of nitrogen functional groups attached to an aromatic ring is 1. The van der Waals surface area contributed by atoms with Crippen molar-refractivity contribution >= 4 is 11.6 Å². The number of carbonyl (C=O) groups is 1. The van der Waals surface area contributed by atoms with Gasteiger partial charge in [0.2, 0.25) is 0 Å². The van der Waals surface area contributed by atoms with Crippen LogP contribution < -0.4 is 11.1 Å². The van der Waals surface area contributed by atoms with Gasteiger partial charge in [0.1, 0.15) is 5.82 Å². The molecule has 2 aromatic rings. The van der Waals surface area contributed by atoms with E-state index in [0.29, 0.717) is 29.5 Å². The minimum atomic E-state index is -0.143. The van der Waals surface area contributed by atoms with Gasteiger partial charge in [0.25, 0.3) is 5.91 Å². The number of aromatic amines is 1. The second-order valence-corrected chi connectivity index (χ2v) is 5.78. The van der Waals surface area contributed by atoms with E-state index < -0.39 is 0 Å². The summed E-state index contributed by atoms with van der Waals surface area (Å²) in [5, 5.41) is 10.1. The fourth-order valence-corrected chi connectivity index (χ4v) is 2.83. The third-order valence-corrected chi connectivity index (χ3v) is 4.11. The molecule has 0 aliphatic heterocycles. The van der Waals surface area contributed by atoms with Gasteiger partial charge in [-0.3, -0.25) is 9.89 Å². The average Bonchev–Trinajstić information content (AvgIpc) is 3.03. The molecule has 116 valence electrons. The summed E-state index contributed by atoms with van der Waals surface area (Å²) >= 11 is 0. The summed E-state index contributed by atoms with van der Waals surface area (Å²) < 4.78 is 0. The van der Waals surface area contributed by atoms with Gasteiger partial charge < -0.3 is 11.1 Å². The molecular formula is C16H21N5O. The van der Waals surface area contributed by atoms with Crippen molar-refractivity contribution in [1.82, 2.24) is 20.5 Å². The van der Waals surface area contributed by atoms with Gasteiger partial charge in [-0.2, -0.15) is 5.10 Å². The molecule has 22 heavy (non-hydrogen) atoms. The van der Waals surface area contributed by atoms with Gasteiger partial charge in [0, 0.05) is 17.2 Å². The molecule has 1 amide bonds. The number of nitrogens with one attached hydrogen (secondary N) is 2. The van der Waals surface area contributed by atoms with Gasteiger partial charge in [-0.25, -0.2) is 4.98 Å². The summed E-state index contributed by atoms with van der Waals surface area (Å²) in [5.74, 6) is 1.91. The van der Waals surface area contributed by atoms with Gasteiger partial charge in [-0.05, 0) is 37.1 Å². The number of carbonyl (C=O) groups excluding carboxylic acids is 1. The van der Waals surface area contributed by atoms with Crippen molar-refractivity contribution in [2.75, 3.05) is 5.73 Å². The maximum absolute atomic E-state index is 12.0. The van der Waals surface area contributed by atoms with Crippen LogP contribution in [0.3, 0.4) is 0 Å². The highest BCUT2D eigenvalue weighted by molar-refractivity contribution is 5.94. The van der Waals surface area contributed by atoms with Crippen LogP contribution in [0, 0.1) is 0 Å². The monoisotopic (exact) mass is 299 g/mol. The van der Waals surface area contributed by atoms with Crippen LogP contribution in [0.2, 0.25) is 0 Å². The first kappa shape index (κ1) is 14.6. The minimum absolute atomic E-state index is 0.143. The molecule has 1 aliphatic rings. The topological polar surface area (TPSA) is 96.7 Å². The van der Waals surface area contributed by atoms with E-state index in [1.807, 2.05) is 0 Å². The molecule has 1 aromatic heterocycles. The Morgan fingerprint density at radius 3 is 2.68 bits per heavy atom. The van der Waals surface area contributed by atoms with Gasteiger partial charge >= 0.3 is 0 Å². The number of nitrogens with two attached hydrogens (primary N) is 1. The lowest BCUT2D eigenvalue weighted by molar-refractivity contribution is 0.0950. The van der Waals surface area contributed by atoms with Crippen LogP contribution in [-0.2, 0) is 6.54 Å². The highest BCUT2D eigenvalue weighted by atomic mass is 16.1. The number of H-pyrrole nitrogens is 1. The zero-order valence-corrected chi connectivity index (χ0v) is 12.5. The molecule has 0 atom stereocenters. The number of nitrogens with zero attached hydrogens (tertiary/aromatic N) is 2. The lowest BCUT2D eigenvalue weighted by Crippen LogP contribution is -2.23. The molecule has 1 aromatic carbocycles. The number of rotatable bonds is 4. The van der Waals surface area contributed by atoms with E-state index in [4.69, 9.17) is 5.73 Å². The van der Waals surface area contributed by atoms with Gasteiger partial charge in [0.15, 0.2) is 5.82 Å². The molecule has 6 nitrogen and oxygen atoms in total. The molecule has 0 unspecified atom stereocenters. The fourth-order valence-electron chi connectivity index (χ4n) is 2.83. The van der Waals surface area contributed by atoms with Crippen molar-refractivity contribution < 1.29 is 4.79 Å². The summed E-state index contributed by atoms with van der Waals surface area (Å²) in [6, 6.07) is 6.84. The lowest BCUT2D eigenvalue weighted by Gasteiger charge is -2.18. The third-order valence-electron chi connectivity index (χ3n) is 4.11. The van der Waals surface area contributed by atoms with Crippen LogP contribution >= 0.6 is 0 Å². The lowest BCUT2D eigenvalue weighted by atomic mass is 9.89. The predicted molar refractivity (Wildman–Crippen MR) is 84.2 cm³/mol. The van der Waals surface area contributed by atoms with Crippen molar-refractivity contribution in [3.05, 3.63) is 41.5 Å². The number of amides is 1. The second-order valence-electron chi connectivity index (χ2n) is 5.78. The molecule has 1 fully saturated rings. The fraction of sp³-hybridized carbons (Fsp3) is 0.438. The molecule has 0 radical (unpaired) electrons. The Morgan fingerprint density at radius 2 is 1.95 bits per heavy atom. The van der Waals surface area contributed by atoms with E-state index in [1.165, 1.54) is 19.3 Å². The molecule has 6 heteroatoms. The maximum atomic E-state index is 12.0. The zero-order chi connectivity index (χ0) is 15.4. The number of aromatic nitrogens is 3. The summed E-state index contributed by atoms with van der Waals surface area (Å²) in [6.07, 6.45) is 6.14. The molecule has 1 heterocycles. The van der Waals surface area contributed by atoms with Crippen molar-refractivity contribution in [2.45, 2.75) is 44.6 Å². The van der Waals surface area contributed by atoms with Gasteiger partial charge in [0.05, 0.1) is 6.54 Å². The zero-order valence-electron chi connectivity index (χ0n) is 12.5. The highest BCUT2D eigenvalue weighted by Crippen LogP contribution is 2.30. The molecule has 0 bridgehead atoms. The minimum Gasteiger partial charge on any atom is -0.399 e. The molecule has 1 aliphatic carbocycles. The molecule has 3 rings (SSSR count). The predicted octanol–water partition coefficient (Wildman–Crippen LogP) is 2.36. The van der Waals surface area contributed by atoms with Crippen molar-refractivity contribution in [3.63, 3.8) is 0 Å². The molecular weight excluding hydrogens is 278 g/mol. The average molecular weight is 299 g/mol. The Morgan fingerprint density at radius 1 is 1.23 bits per heavy atom. The first-order chi connectivity index (χ1) is 10.7. The summed E-state index contributed by atoms with van der Waals surface area (Å²) in [4.78, 5) is 16.5. The summed E-state index contributed by atoms with van der Waals surface area (Å²) in [6.45, 7) is 0.350. The van der Waals surface area contributed by atoms with Crippen LogP contribution in [0.1, 0.15) is 60.0 Å². The smallest absolute Gasteiger partial charge is 0.251 e. The van der Waals surface area contributed by atoms with Crippen LogP contribution in [-0.4, -0.2) is 21.1 Å². The largest absolute Gasteiger partial charge is 0.399 e. The molecule has 0 spiro atoms. The van der Waals surface area contributed by atoms with Crippen molar-refractivity contribution in [1.29, 1.82) is 0 Å². The quantitative estimate of drug-likeness (QED) is 0.755. The standard InChI is InChI=1S/C16H21N5O/c17-13-8-6-12(7-9-13)16(22)18-10-14-19-15(21-20-14)11-4-2-1-3-5-11/h6-9,11H,1-5,10,17H2,(H,18,22)(H,19,20,21). The van der Waals surface area contributed by atoms with E-state index >= 15 is 0 Å². The van der Waals surface area contributed by atoms with Crippen molar-refractivity contribution in [3.8, 4) is 0 Å². The Kier molecular flexibility index (Phi) is 4.37. The van der Waals surface area contributed by atoms with Crippen LogP contribution in [0.5, 0.6) is 0 Å². The van der Waals surface area contributed by atoms with E-state index in [0.717, 1.165) is 18.7 Å². The first-order valence-corrected chi connectivity index (χ1v) is 7.77. The first-order valence-electron chi connectivity index (χ1n) is 7.77. The van der Waals surface area contributed by atoms with Crippen molar-refractivity contribution in [2.24, 2.45) is 0 Å². The highest BCUT2D eigenvalue weighted by Gasteiger charge is 2.19. The SMILES string of the molecule is Nc1ccc(C(=O)NCc2nc(C3CCCCC3)n[nH]2)cc1. The number of anilines is 1. The van der Waals surface area contributed by atoms with Crippen LogP contribution in [0.25, 0.3) is 0 Å². The third kappa shape index (κ3) is 3.44. The molecule has 1 saturated carbocycles. The van der Waals surface area contributed by atoms with E-state index in [2.05, 4.69) is 20.5 Å². The Balaban J connectivity index is 1.56. The summed E-state index contributed by atoms with van der Waals surface area (Å²) in [5.41, 5.74) is 6.84. The van der Waals surface area contributed by atoms with Gasteiger partial charge in [-0.15, -0.1) is 0 Å². The Labute approximate surface area is 129 Å². The van der Waals surface area contributed by atoms with E-state index in [1.54, 1.807) is 24.3 Å². The van der Waals surface area contributed by atoms with Crippen LogP contribution in [0.15, 0.2) is 24.3 Å². The number of hydrogen-bond acceptors (Lipinski definition) is 4. The Hall–Kier alpha value is -2.37. The molecule has 0 saturated heterocycles. The number of hydrogen-bond donors (Lipinski definition) is 3. The molecule has 4 N–H and O–H groups in total. The van der Waals surface area contributed by atoms with E-state index in [9.17, 15) is 4.79 Å². The number of benzene rings is 1. The maximum Gasteiger partial charge on any atom is 0.251 e. The van der Waals surface area contributed by atoms with E-state index in [-0.39, 0.29) is 5.91 Å². The Bertz CT molecular complexity index is 628. The van der Waals surface area contributed by atoms with Gasteiger partial charge in [-0.1, -0.05) is 19.3 Å². The normalized spacial score (nSPS) is 15.6. The second kappa shape index (κ2) is 6.60.